The van der Waals surface area contributed by atoms with Gasteiger partial charge in [0.25, 0.3) is 5.56 Å². The van der Waals surface area contributed by atoms with Crippen molar-refractivity contribution in [1.82, 2.24) is 4.98 Å². The maximum Gasteiger partial charge on any atom is 0.339 e. The predicted octanol–water partition coefficient (Wildman–Crippen LogP) is 0.924. The number of ether oxygens (including phenoxy) is 1. The van der Waals surface area contributed by atoms with Gasteiger partial charge in [0, 0.05) is 6.20 Å². The molecule has 0 saturated carbocycles. The van der Waals surface area contributed by atoms with Gasteiger partial charge in [0.2, 0.25) is 0 Å². The number of H-pyrrole nitrogens is 1. The number of carbonyl (C=O) groups excluding carboxylic acids is 1. The maximum absolute atomic E-state index is 11.0. The number of nitrogens with one attached hydrogen (secondary N) is 1. The molecule has 1 N–H and O–H groups in total. The van der Waals surface area contributed by atoms with Crippen molar-refractivity contribution < 1.29 is 9.53 Å². The summed E-state index contributed by atoms with van der Waals surface area (Å²) in [5.41, 5.74) is -0.126. The molecule has 0 amide bonds. The summed E-state index contributed by atoms with van der Waals surface area (Å²) in [6.45, 7) is 0. The third kappa shape index (κ3) is 1.55. The Labute approximate surface area is 76.7 Å². The minimum Gasteiger partial charge on any atom is -0.465 e. The normalized spacial score (nSPS) is 9.50. The van der Waals surface area contributed by atoms with E-state index in [1.165, 1.54) is 19.4 Å². The van der Waals surface area contributed by atoms with Crippen LogP contribution in [0, 0.1) is 0 Å². The van der Waals surface area contributed by atoms with Crippen LogP contribution in [0.4, 0.5) is 0 Å². The smallest absolute Gasteiger partial charge is 0.339 e. The number of carbonyl (C=O) groups is 1. The largest absolute Gasteiger partial charge is 0.465 e. The fraction of sp³-hybridized carbons (Fsp3) is 0.143. The summed E-state index contributed by atoms with van der Waals surface area (Å²) < 4.78 is 4.64. The van der Waals surface area contributed by atoms with Crippen molar-refractivity contribution in [3.8, 4) is 0 Å². The van der Waals surface area contributed by atoms with Gasteiger partial charge >= 0.3 is 5.97 Å². The number of hydrogen-bond donors (Lipinski definition) is 1. The second-order valence-corrected chi connectivity index (χ2v) is 2.82. The molecule has 64 valence electrons. The lowest BCUT2D eigenvalue weighted by atomic mass is 10.3. The molecule has 0 unspecified atom stereocenters. The number of pyridine rings is 1. The van der Waals surface area contributed by atoms with E-state index in [1.54, 1.807) is 0 Å². The first-order chi connectivity index (χ1) is 5.66. The lowest BCUT2D eigenvalue weighted by molar-refractivity contribution is 0.0599. The Kier molecular flexibility index (Phi) is 2.65. The molecule has 0 bridgehead atoms. The van der Waals surface area contributed by atoms with Crippen molar-refractivity contribution in [3.05, 3.63) is 32.7 Å². The van der Waals surface area contributed by atoms with E-state index >= 15 is 0 Å². The van der Waals surface area contributed by atoms with Gasteiger partial charge in [0.15, 0.2) is 0 Å². The van der Waals surface area contributed by atoms with Crippen LogP contribution < -0.4 is 5.56 Å². The first-order valence-corrected chi connectivity index (χ1v) is 3.91. The second kappa shape index (κ2) is 3.53. The van der Waals surface area contributed by atoms with Gasteiger partial charge < -0.3 is 9.72 Å². The molecule has 0 saturated heterocycles. The minimum atomic E-state index is -0.534. The van der Waals surface area contributed by atoms with Gasteiger partial charge in [0.1, 0.15) is 0 Å². The SMILES string of the molecule is COC(=O)c1cc[nH]c(=O)c1Br. The van der Waals surface area contributed by atoms with Crippen LogP contribution in [0.25, 0.3) is 0 Å². The molecule has 1 heterocycles. The number of methoxy groups -OCH3 is 1. The summed E-state index contributed by atoms with van der Waals surface area (Å²) in [4.78, 5) is 24.3. The third-order valence-electron chi connectivity index (χ3n) is 1.31. The molecule has 0 fully saturated rings. The molecule has 0 aliphatic heterocycles. The topological polar surface area (TPSA) is 59.2 Å². The number of esters is 1. The Bertz CT molecular complexity index is 358. The molecule has 1 rings (SSSR count). The molecule has 1 aromatic heterocycles. The fourth-order valence-electron chi connectivity index (χ4n) is 0.727. The lowest BCUT2D eigenvalue weighted by Gasteiger charge is -1.99. The van der Waals surface area contributed by atoms with Crippen molar-refractivity contribution in [2.75, 3.05) is 7.11 Å². The molecular formula is C7H6BrNO3. The molecule has 0 spiro atoms. The van der Waals surface area contributed by atoms with Gasteiger partial charge in [-0.15, -0.1) is 0 Å². The Morgan fingerprint density at radius 1 is 1.67 bits per heavy atom. The van der Waals surface area contributed by atoms with Crippen molar-refractivity contribution >= 4 is 21.9 Å². The lowest BCUT2D eigenvalue weighted by Crippen LogP contribution is -2.12. The van der Waals surface area contributed by atoms with Crippen LogP contribution in [0.3, 0.4) is 0 Å². The van der Waals surface area contributed by atoms with Gasteiger partial charge in [-0.05, 0) is 22.0 Å². The van der Waals surface area contributed by atoms with Crippen LogP contribution in [0.5, 0.6) is 0 Å². The zero-order chi connectivity index (χ0) is 9.14. The number of hydrogen-bond acceptors (Lipinski definition) is 3. The van der Waals surface area contributed by atoms with Gasteiger partial charge in [-0.25, -0.2) is 4.79 Å². The molecule has 0 aromatic carbocycles. The van der Waals surface area contributed by atoms with Crippen LogP contribution in [0.2, 0.25) is 0 Å². The van der Waals surface area contributed by atoms with E-state index in [2.05, 4.69) is 25.7 Å². The van der Waals surface area contributed by atoms with Crippen molar-refractivity contribution in [2.45, 2.75) is 0 Å². The Balaban J connectivity index is 3.26. The summed E-state index contributed by atoms with van der Waals surface area (Å²) in [6.07, 6.45) is 1.39. The summed E-state index contributed by atoms with van der Waals surface area (Å²) in [5.74, 6) is -0.534. The molecule has 0 aliphatic carbocycles. The molecule has 1 aromatic rings. The number of aromatic amines is 1. The maximum atomic E-state index is 11.0. The Hall–Kier alpha value is -1.10. The van der Waals surface area contributed by atoms with Crippen molar-refractivity contribution in [2.24, 2.45) is 0 Å². The van der Waals surface area contributed by atoms with Crippen molar-refractivity contribution in [3.63, 3.8) is 0 Å². The molecule has 0 aliphatic rings. The highest BCUT2D eigenvalue weighted by molar-refractivity contribution is 9.10. The highest BCUT2D eigenvalue weighted by atomic mass is 79.9. The van der Waals surface area contributed by atoms with E-state index < -0.39 is 5.97 Å². The van der Waals surface area contributed by atoms with Gasteiger partial charge in [-0.3, -0.25) is 4.79 Å². The summed E-state index contributed by atoms with van der Waals surface area (Å²) >= 11 is 2.98. The molecular weight excluding hydrogens is 226 g/mol. The summed E-state index contributed by atoms with van der Waals surface area (Å²) in [7, 11) is 1.26. The van der Waals surface area contributed by atoms with Gasteiger partial charge in [-0.2, -0.15) is 0 Å². The molecule has 12 heavy (non-hydrogen) atoms. The highest BCUT2D eigenvalue weighted by Crippen LogP contribution is 2.10. The number of halogens is 1. The molecule has 4 nitrogen and oxygen atoms in total. The monoisotopic (exact) mass is 231 g/mol. The second-order valence-electron chi connectivity index (χ2n) is 2.03. The zero-order valence-corrected chi connectivity index (χ0v) is 7.84. The third-order valence-corrected chi connectivity index (χ3v) is 2.09. The number of aromatic nitrogens is 1. The van der Waals surface area contributed by atoms with E-state index in [0.717, 1.165) is 0 Å². The van der Waals surface area contributed by atoms with Crippen LogP contribution in [0.1, 0.15) is 10.4 Å². The quantitative estimate of drug-likeness (QED) is 0.732. The van der Waals surface area contributed by atoms with Gasteiger partial charge in [0.05, 0.1) is 17.1 Å². The predicted molar refractivity (Wildman–Crippen MR) is 46.1 cm³/mol. The molecule has 0 atom stereocenters. The van der Waals surface area contributed by atoms with Crippen LogP contribution in [-0.4, -0.2) is 18.1 Å². The fourth-order valence-corrected chi connectivity index (χ4v) is 1.14. The zero-order valence-electron chi connectivity index (χ0n) is 6.26. The minimum absolute atomic E-state index is 0.192. The standard InChI is InChI=1S/C7H6BrNO3/c1-12-7(11)4-2-3-9-6(10)5(4)8/h2-3H,1H3,(H,9,10). The van der Waals surface area contributed by atoms with E-state index in [-0.39, 0.29) is 15.6 Å². The average Bonchev–Trinajstić information content (AvgIpc) is 2.08. The van der Waals surface area contributed by atoms with Crippen LogP contribution in [-0.2, 0) is 4.74 Å². The van der Waals surface area contributed by atoms with Crippen LogP contribution >= 0.6 is 15.9 Å². The van der Waals surface area contributed by atoms with E-state index in [0.29, 0.717) is 0 Å². The molecule has 0 radical (unpaired) electrons. The van der Waals surface area contributed by atoms with E-state index in [1.807, 2.05) is 0 Å². The number of rotatable bonds is 1. The van der Waals surface area contributed by atoms with Crippen LogP contribution in [0.15, 0.2) is 21.5 Å². The first-order valence-electron chi connectivity index (χ1n) is 3.12. The highest BCUT2D eigenvalue weighted by Gasteiger charge is 2.11. The van der Waals surface area contributed by atoms with Crippen molar-refractivity contribution in [1.29, 1.82) is 0 Å². The Morgan fingerprint density at radius 3 is 2.92 bits per heavy atom. The summed E-state index contributed by atoms with van der Waals surface area (Å²) in [5, 5.41) is 0. The molecule has 5 heteroatoms. The summed E-state index contributed by atoms with van der Waals surface area (Å²) in [6, 6.07) is 1.47. The van der Waals surface area contributed by atoms with E-state index in [4.69, 9.17) is 0 Å². The first kappa shape index (κ1) is 8.99. The Morgan fingerprint density at radius 2 is 2.33 bits per heavy atom. The van der Waals surface area contributed by atoms with Gasteiger partial charge in [-0.1, -0.05) is 0 Å². The average molecular weight is 232 g/mol. The van der Waals surface area contributed by atoms with E-state index in [9.17, 15) is 9.59 Å².